The molecule has 0 unspecified atom stereocenters. The summed E-state index contributed by atoms with van der Waals surface area (Å²) in [5.41, 5.74) is 2.47. The number of likely N-dealkylation sites (N-methyl/N-ethyl adjacent to an activating group) is 1. The Morgan fingerprint density at radius 3 is 2.50 bits per heavy atom. The number of rotatable bonds is 4. The van der Waals surface area contributed by atoms with Crippen molar-refractivity contribution in [1.82, 2.24) is 9.80 Å². The van der Waals surface area contributed by atoms with Crippen molar-refractivity contribution in [3.8, 4) is 0 Å². The van der Waals surface area contributed by atoms with Crippen LogP contribution in [-0.4, -0.2) is 48.9 Å². The van der Waals surface area contributed by atoms with Crippen molar-refractivity contribution in [2.24, 2.45) is 5.92 Å². The molecule has 1 aliphatic rings. The molecule has 3 nitrogen and oxygen atoms in total. The summed E-state index contributed by atoms with van der Waals surface area (Å²) in [4.78, 5) is 16.7. The molecule has 0 saturated heterocycles. The van der Waals surface area contributed by atoms with Crippen LogP contribution in [0.1, 0.15) is 19.4 Å². The van der Waals surface area contributed by atoms with Crippen molar-refractivity contribution in [2.45, 2.75) is 13.8 Å². The van der Waals surface area contributed by atoms with Crippen LogP contribution in [0.2, 0.25) is 0 Å². The molecule has 0 fully saturated rings. The molecule has 108 valence electrons. The van der Waals surface area contributed by atoms with E-state index in [0.717, 1.165) is 26.2 Å². The fourth-order valence-corrected chi connectivity index (χ4v) is 2.80. The third kappa shape index (κ3) is 3.28. The Morgan fingerprint density at radius 2 is 1.90 bits per heavy atom. The summed E-state index contributed by atoms with van der Waals surface area (Å²) in [7, 11) is 2.08. The van der Waals surface area contributed by atoms with Gasteiger partial charge in [-0.1, -0.05) is 36.4 Å². The van der Waals surface area contributed by atoms with Crippen molar-refractivity contribution < 1.29 is 4.79 Å². The minimum atomic E-state index is -0.0242. The van der Waals surface area contributed by atoms with Crippen LogP contribution in [0.5, 0.6) is 0 Å². The molecule has 1 aliphatic heterocycles. The fourth-order valence-electron chi connectivity index (χ4n) is 2.80. The number of amides is 1. The predicted molar refractivity (Wildman–Crippen MR) is 83.3 cm³/mol. The Kier molecular flexibility index (Phi) is 4.96. The molecule has 2 rings (SSSR count). The molecule has 0 saturated carbocycles. The van der Waals surface area contributed by atoms with Crippen LogP contribution < -0.4 is 0 Å². The molecule has 0 spiro atoms. The largest absolute Gasteiger partial charge is 0.343 e. The van der Waals surface area contributed by atoms with Gasteiger partial charge in [0.25, 0.3) is 0 Å². The van der Waals surface area contributed by atoms with Crippen LogP contribution in [0.4, 0.5) is 0 Å². The highest BCUT2D eigenvalue weighted by atomic mass is 16.2. The molecule has 1 aromatic carbocycles. The predicted octanol–water partition coefficient (Wildman–Crippen LogP) is 2.50. The number of carbonyl (C=O) groups excluding carboxylic acids is 1. The van der Waals surface area contributed by atoms with Crippen LogP contribution in [0, 0.1) is 5.92 Å². The zero-order chi connectivity index (χ0) is 14.5. The van der Waals surface area contributed by atoms with Gasteiger partial charge in [-0.05, 0) is 32.0 Å². The van der Waals surface area contributed by atoms with E-state index in [2.05, 4.69) is 30.2 Å². The maximum atomic E-state index is 12.5. The van der Waals surface area contributed by atoms with Gasteiger partial charge in [0.1, 0.15) is 0 Å². The average molecular weight is 272 g/mol. The zero-order valence-electron chi connectivity index (χ0n) is 12.7. The molecule has 0 N–H and O–H groups in total. The van der Waals surface area contributed by atoms with E-state index in [-0.39, 0.29) is 11.8 Å². The molecule has 1 atom stereocenters. The third-order valence-electron chi connectivity index (χ3n) is 3.89. The van der Waals surface area contributed by atoms with Crippen molar-refractivity contribution in [2.75, 3.05) is 33.2 Å². The van der Waals surface area contributed by atoms with E-state index in [0.29, 0.717) is 0 Å². The average Bonchev–Trinajstić information content (AvgIpc) is 2.48. The zero-order valence-corrected chi connectivity index (χ0v) is 12.7. The molecule has 0 aromatic heterocycles. The number of benzene rings is 1. The molecule has 20 heavy (non-hydrogen) atoms. The van der Waals surface area contributed by atoms with Gasteiger partial charge in [-0.15, -0.1) is 0 Å². The van der Waals surface area contributed by atoms with Crippen molar-refractivity contribution in [1.29, 1.82) is 0 Å². The minimum absolute atomic E-state index is 0.0242. The van der Waals surface area contributed by atoms with E-state index < -0.39 is 0 Å². The molecular formula is C17H24N2O. The summed E-state index contributed by atoms with van der Waals surface area (Å²) in [6.45, 7) is 7.36. The van der Waals surface area contributed by atoms with E-state index in [9.17, 15) is 4.79 Å². The van der Waals surface area contributed by atoms with Crippen LogP contribution in [-0.2, 0) is 4.79 Å². The van der Waals surface area contributed by atoms with Gasteiger partial charge < -0.3 is 9.80 Å². The fraction of sp³-hybridized carbons (Fsp3) is 0.471. The van der Waals surface area contributed by atoms with E-state index in [1.807, 2.05) is 36.9 Å². The molecular weight excluding hydrogens is 248 g/mol. The number of carbonyl (C=O) groups is 1. The first-order valence-electron chi connectivity index (χ1n) is 7.39. The Bertz CT molecular complexity index is 477. The lowest BCUT2D eigenvalue weighted by molar-refractivity contribution is -0.134. The van der Waals surface area contributed by atoms with Crippen LogP contribution in [0.15, 0.2) is 36.4 Å². The number of nitrogens with zero attached hydrogens (tertiary/aromatic N) is 2. The maximum absolute atomic E-state index is 12.5. The van der Waals surface area contributed by atoms with Gasteiger partial charge in [0.05, 0.1) is 5.92 Å². The highest BCUT2D eigenvalue weighted by Gasteiger charge is 2.26. The van der Waals surface area contributed by atoms with Gasteiger partial charge in [-0.3, -0.25) is 4.79 Å². The second-order valence-corrected chi connectivity index (χ2v) is 5.37. The molecule has 1 amide bonds. The van der Waals surface area contributed by atoms with Gasteiger partial charge >= 0.3 is 0 Å². The van der Waals surface area contributed by atoms with E-state index in [1.165, 1.54) is 11.1 Å². The lowest BCUT2D eigenvalue weighted by atomic mass is 9.94. The number of hydrogen-bond acceptors (Lipinski definition) is 2. The Balaban J connectivity index is 2.24. The summed E-state index contributed by atoms with van der Waals surface area (Å²) in [6.07, 6.45) is 2.16. The lowest BCUT2D eigenvalue weighted by Crippen LogP contribution is -2.42. The summed E-state index contributed by atoms with van der Waals surface area (Å²) in [6, 6.07) is 10.3. The summed E-state index contributed by atoms with van der Waals surface area (Å²) < 4.78 is 0. The molecule has 0 radical (unpaired) electrons. The van der Waals surface area contributed by atoms with Gasteiger partial charge in [0.2, 0.25) is 5.91 Å². The van der Waals surface area contributed by atoms with Gasteiger partial charge in [0.15, 0.2) is 0 Å². The monoisotopic (exact) mass is 272 g/mol. The molecule has 1 aromatic rings. The van der Waals surface area contributed by atoms with Crippen LogP contribution in [0.25, 0.3) is 5.57 Å². The smallest absolute Gasteiger partial charge is 0.230 e. The Morgan fingerprint density at radius 1 is 1.25 bits per heavy atom. The van der Waals surface area contributed by atoms with Crippen LogP contribution >= 0.6 is 0 Å². The lowest BCUT2D eigenvalue weighted by Gasteiger charge is -2.31. The van der Waals surface area contributed by atoms with Gasteiger partial charge in [-0.2, -0.15) is 0 Å². The topological polar surface area (TPSA) is 23.6 Å². The standard InChI is InChI=1S/C17H24N2O/c1-4-19(5-2)17(20)16-11-15(12-18(3)13-16)14-9-7-6-8-10-14/h6-11,16H,4-5,12-13H2,1-3H3/t16-/m1/s1. The summed E-state index contributed by atoms with van der Waals surface area (Å²) in [5, 5.41) is 0. The maximum Gasteiger partial charge on any atom is 0.230 e. The first-order valence-corrected chi connectivity index (χ1v) is 7.39. The van der Waals surface area contributed by atoms with Crippen molar-refractivity contribution in [3.63, 3.8) is 0 Å². The Labute approximate surface area is 121 Å². The Hall–Kier alpha value is -1.61. The second kappa shape index (κ2) is 6.71. The quantitative estimate of drug-likeness (QED) is 0.841. The van der Waals surface area contributed by atoms with Crippen LogP contribution in [0.3, 0.4) is 0 Å². The first-order chi connectivity index (χ1) is 9.65. The van der Waals surface area contributed by atoms with Crippen molar-refractivity contribution >= 4 is 11.5 Å². The highest BCUT2D eigenvalue weighted by molar-refractivity contribution is 5.84. The molecule has 3 heteroatoms. The first kappa shape index (κ1) is 14.8. The van der Waals surface area contributed by atoms with Gasteiger partial charge in [0, 0.05) is 26.2 Å². The van der Waals surface area contributed by atoms with E-state index >= 15 is 0 Å². The number of hydrogen-bond donors (Lipinski definition) is 0. The normalized spacial score (nSPS) is 19.6. The van der Waals surface area contributed by atoms with Crippen molar-refractivity contribution in [3.05, 3.63) is 42.0 Å². The minimum Gasteiger partial charge on any atom is -0.343 e. The van der Waals surface area contributed by atoms with E-state index in [1.54, 1.807) is 0 Å². The molecule has 1 heterocycles. The second-order valence-electron chi connectivity index (χ2n) is 5.37. The van der Waals surface area contributed by atoms with Gasteiger partial charge in [-0.25, -0.2) is 0 Å². The SMILES string of the molecule is CCN(CC)C(=O)[C@@H]1C=C(c2ccccc2)CN(C)C1. The summed E-state index contributed by atoms with van der Waals surface area (Å²) >= 11 is 0. The molecule has 0 aliphatic carbocycles. The summed E-state index contributed by atoms with van der Waals surface area (Å²) in [5.74, 6) is 0.221. The highest BCUT2D eigenvalue weighted by Crippen LogP contribution is 2.24. The third-order valence-corrected chi connectivity index (χ3v) is 3.89. The molecule has 0 bridgehead atoms. The van der Waals surface area contributed by atoms with E-state index in [4.69, 9.17) is 0 Å².